The van der Waals surface area contributed by atoms with Gasteiger partial charge in [0.15, 0.2) is 6.61 Å². The lowest BCUT2D eigenvalue weighted by atomic mass is 10.1. The molecule has 0 bridgehead atoms. The molecule has 3 aromatic rings. The van der Waals surface area contributed by atoms with Gasteiger partial charge in [0, 0.05) is 22.0 Å². The number of benzene rings is 3. The average molecular weight is 488 g/mol. The summed E-state index contributed by atoms with van der Waals surface area (Å²) in [6, 6.07) is 17.5. The second-order valence-corrected chi connectivity index (χ2v) is 8.06. The summed E-state index contributed by atoms with van der Waals surface area (Å²) in [7, 11) is 0. The van der Waals surface area contributed by atoms with Crippen molar-refractivity contribution in [3.8, 4) is 5.75 Å². The predicted molar refractivity (Wildman–Crippen MR) is 124 cm³/mol. The van der Waals surface area contributed by atoms with Crippen LogP contribution in [0.3, 0.4) is 0 Å². The third-order valence-electron chi connectivity index (χ3n) is 4.23. The number of aryl methyl sites for hydroxylation is 2. The number of nitrogens with one attached hydrogen (secondary N) is 2. The molecule has 0 aliphatic carbocycles. The Balaban J connectivity index is 1.55. The lowest BCUT2D eigenvalue weighted by Gasteiger charge is -2.12. The molecule has 5 nitrogen and oxygen atoms in total. The maximum atomic E-state index is 12.3. The van der Waals surface area contributed by atoms with E-state index in [-0.39, 0.29) is 18.4 Å². The number of halogens is 2. The molecule has 0 unspecified atom stereocenters. The Kier molecular flexibility index (Phi) is 7.13. The van der Waals surface area contributed by atoms with Gasteiger partial charge in [-0.1, -0.05) is 23.7 Å². The molecule has 3 aromatic carbocycles. The molecular weight excluding hydrogens is 468 g/mol. The summed E-state index contributed by atoms with van der Waals surface area (Å²) in [6.45, 7) is 3.81. The highest BCUT2D eigenvalue weighted by Gasteiger charge is 2.10. The van der Waals surface area contributed by atoms with E-state index < -0.39 is 0 Å². The molecule has 0 aliphatic rings. The second-order valence-electron chi connectivity index (χ2n) is 6.77. The van der Waals surface area contributed by atoms with E-state index in [0.29, 0.717) is 27.7 Å². The second kappa shape index (κ2) is 9.78. The largest absolute Gasteiger partial charge is 0.482 e. The van der Waals surface area contributed by atoms with Gasteiger partial charge in [0.25, 0.3) is 11.8 Å². The first-order chi connectivity index (χ1) is 14.3. The van der Waals surface area contributed by atoms with E-state index in [1.807, 2.05) is 26.0 Å². The fourth-order valence-electron chi connectivity index (χ4n) is 2.89. The molecular formula is C23H20BrClN2O3. The van der Waals surface area contributed by atoms with Gasteiger partial charge >= 0.3 is 0 Å². The third-order valence-corrected chi connectivity index (χ3v) is 5.06. The molecule has 0 saturated carbocycles. The molecule has 7 heteroatoms. The van der Waals surface area contributed by atoms with E-state index in [2.05, 4.69) is 26.6 Å². The van der Waals surface area contributed by atoms with E-state index in [9.17, 15) is 9.59 Å². The van der Waals surface area contributed by atoms with Crippen LogP contribution >= 0.6 is 27.5 Å². The number of hydrogen-bond donors (Lipinski definition) is 2. The lowest BCUT2D eigenvalue weighted by molar-refractivity contribution is -0.118. The minimum atomic E-state index is -0.280. The summed E-state index contributed by atoms with van der Waals surface area (Å²) in [6.07, 6.45) is 0. The predicted octanol–water partition coefficient (Wildman–Crippen LogP) is 5.99. The highest BCUT2D eigenvalue weighted by atomic mass is 79.9. The molecule has 2 amide bonds. The van der Waals surface area contributed by atoms with Gasteiger partial charge in [-0.2, -0.15) is 0 Å². The molecule has 0 atom stereocenters. The molecule has 0 aliphatic heterocycles. The number of anilines is 2. The van der Waals surface area contributed by atoms with Gasteiger partial charge in [-0.3, -0.25) is 9.59 Å². The maximum absolute atomic E-state index is 12.3. The zero-order valence-electron chi connectivity index (χ0n) is 16.5. The van der Waals surface area contributed by atoms with Crippen molar-refractivity contribution in [1.29, 1.82) is 0 Å². The van der Waals surface area contributed by atoms with Crippen molar-refractivity contribution in [2.75, 3.05) is 17.2 Å². The van der Waals surface area contributed by atoms with Crippen molar-refractivity contribution in [1.82, 2.24) is 0 Å². The summed E-state index contributed by atoms with van der Waals surface area (Å²) >= 11 is 9.38. The summed E-state index contributed by atoms with van der Waals surface area (Å²) in [4.78, 5) is 24.5. The Hall–Kier alpha value is -2.83. The third kappa shape index (κ3) is 5.84. The highest BCUT2D eigenvalue weighted by Crippen LogP contribution is 2.30. The molecule has 0 spiro atoms. The van der Waals surface area contributed by atoms with Crippen LogP contribution in [-0.2, 0) is 4.79 Å². The quantitative estimate of drug-likeness (QED) is 0.449. The van der Waals surface area contributed by atoms with Crippen LogP contribution in [-0.4, -0.2) is 18.4 Å². The zero-order valence-corrected chi connectivity index (χ0v) is 18.8. The topological polar surface area (TPSA) is 67.4 Å². The number of hydrogen-bond acceptors (Lipinski definition) is 3. The van der Waals surface area contributed by atoms with Crippen LogP contribution in [0.5, 0.6) is 5.75 Å². The van der Waals surface area contributed by atoms with Crippen molar-refractivity contribution < 1.29 is 14.3 Å². The van der Waals surface area contributed by atoms with Gasteiger partial charge in [0.1, 0.15) is 5.75 Å². The van der Waals surface area contributed by atoms with Gasteiger partial charge in [-0.15, -0.1) is 0 Å². The van der Waals surface area contributed by atoms with Crippen LogP contribution in [0.1, 0.15) is 21.5 Å². The molecule has 2 N–H and O–H groups in total. The Morgan fingerprint density at radius 2 is 1.63 bits per heavy atom. The Bertz CT molecular complexity index is 1060. The normalized spacial score (nSPS) is 10.4. The fraction of sp³-hybridized carbons (Fsp3) is 0.130. The monoisotopic (exact) mass is 486 g/mol. The van der Waals surface area contributed by atoms with Crippen LogP contribution < -0.4 is 15.4 Å². The van der Waals surface area contributed by atoms with Gasteiger partial charge < -0.3 is 15.4 Å². The minimum absolute atomic E-state index is 0.115. The van der Waals surface area contributed by atoms with Crippen molar-refractivity contribution >= 4 is 50.7 Å². The first-order valence-corrected chi connectivity index (χ1v) is 10.4. The Labute approximate surface area is 188 Å². The number of ether oxygens (including phenoxy) is 1. The number of rotatable bonds is 6. The summed E-state index contributed by atoms with van der Waals surface area (Å²) in [5.74, 6) is 0.106. The highest BCUT2D eigenvalue weighted by molar-refractivity contribution is 9.10. The summed E-state index contributed by atoms with van der Waals surface area (Å²) in [5.41, 5.74) is 3.74. The Morgan fingerprint density at radius 3 is 2.27 bits per heavy atom. The average Bonchev–Trinajstić information content (AvgIpc) is 2.68. The standard InChI is InChI=1S/C23H20BrClN2O3/c1-14-10-15(2)22(20(24)11-14)30-13-21(28)26-18-6-8-19(9-7-18)27-23(29)16-4-3-5-17(25)12-16/h3-12H,13H2,1-2H3,(H,26,28)(H,27,29). The van der Waals surface area contributed by atoms with Crippen LogP contribution in [0, 0.1) is 13.8 Å². The lowest BCUT2D eigenvalue weighted by Crippen LogP contribution is -2.20. The van der Waals surface area contributed by atoms with E-state index in [4.69, 9.17) is 16.3 Å². The smallest absolute Gasteiger partial charge is 0.262 e. The zero-order chi connectivity index (χ0) is 21.7. The van der Waals surface area contributed by atoms with Crippen molar-refractivity contribution in [3.63, 3.8) is 0 Å². The fourth-order valence-corrected chi connectivity index (χ4v) is 3.87. The molecule has 0 aromatic heterocycles. The molecule has 30 heavy (non-hydrogen) atoms. The minimum Gasteiger partial charge on any atom is -0.482 e. The summed E-state index contributed by atoms with van der Waals surface area (Å²) < 4.78 is 6.48. The van der Waals surface area contributed by atoms with Gasteiger partial charge in [0.2, 0.25) is 0 Å². The van der Waals surface area contributed by atoms with Gasteiger partial charge in [0.05, 0.1) is 4.47 Å². The Morgan fingerprint density at radius 1 is 0.967 bits per heavy atom. The number of amides is 2. The van der Waals surface area contributed by atoms with Gasteiger partial charge in [-0.25, -0.2) is 0 Å². The van der Waals surface area contributed by atoms with Crippen molar-refractivity contribution in [3.05, 3.63) is 86.8 Å². The molecule has 0 saturated heterocycles. The molecule has 3 rings (SSSR count). The number of carbonyl (C=O) groups excluding carboxylic acids is 2. The maximum Gasteiger partial charge on any atom is 0.262 e. The molecule has 0 heterocycles. The first-order valence-electron chi connectivity index (χ1n) is 9.18. The van der Waals surface area contributed by atoms with Crippen LogP contribution in [0.25, 0.3) is 0 Å². The molecule has 0 fully saturated rings. The van der Waals surface area contributed by atoms with Crippen LogP contribution in [0.4, 0.5) is 11.4 Å². The number of carbonyl (C=O) groups is 2. The van der Waals surface area contributed by atoms with Crippen molar-refractivity contribution in [2.45, 2.75) is 13.8 Å². The first kappa shape index (κ1) is 21.9. The van der Waals surface area contributed by atoms with Crippen LogP contribution in [0.2, 0.25) is 5.02 Å². The van der Waals surface area contributed by atoms with E-state index >= 15 is 0 Å². The van der Waals surface area contributed by atoms with Gasteiger partial charge in [-0.05, 0) is 89.4 Å². The van der Waals surface area contributed by atoms with E-state index in [1.54, 1.807) is 48.5 Å². The van der Waals surface area contributed by atoms with Crippen molar-refractivity contribution in [2.24, 2.45) is 0 Å². The van der Waals surface area contributed by atoms with E-state index in [0.717, 1.165) is 15.6 Å². The SMILES string of the molecule is Cc1cc(C)c(OCC(=O)Nc2ccc(NC(=O)c3cccc(Cl)c3)cc2)c(Br)c1. The van der Waals surface area contributed by atoms with Crippen LogP contribution in [0.15, 0.2) is 65.1 Å². The molecule has 154 valence electrons. The van der Waals surface area contributed by atoms with E-state index in [1.165, 1.54) is 0 Å². The summed E-state index contributed by atoms with van der Waals surface area (Å²) in [5, 5.41) is 6.06. The molecule has 0 radical (unpaired) electrons.